The number of nitrogens with one attached hydrogen (secondary N) is 2. The van der Waals surface area contributed by atoms with Gasteiger partial charge in [-0.25, -0.2) is 9.97 Å². The second-order valence-electron chi connectivity index (χ2n) is 6.10. The Hall–Kier alpha value is -3.68. The van der Waals surface area contributed by atoms with Crippen LogP contribution >= 0.6 is 0 Å². The van der Waals surface area contributed by atoms with E-state index < -0.39 is 4.92 Å². The molecule has 0 aliphatic carbocycles. The normalized spacial score (nSPS) is 10.4. The Balaban J connectivity index is 1.80. The van der Waals surface area contributed by atoms with E-state index >= 15 is 0 Å². The Morgan fingerprint density at radius 1 is 1.04 bits per heavy atom. The van der Waals surface area contributed by atoms with Crippen molar-refractivity contribution in [1.82, 2.24) is 9.97 Å². The third-order valence-electron chi connectivity index (χ3n) is 4.01. The van der Waals surface area contributed by atoms with E-state index in [1.165, 1.54) is 6.33 Å². The zero-order chi connectivity index (χ0) is 19.9. The molecule has 28 heavy (non-hydrogen) atoms. The third kappa shape index (κ3) is 4.73. The summed E-state index contributed by atoms with van der Waals surface area (Å²) in [6, 6.07) is 15.0. The maximum Gasteiger partial charge on any atom is 0.353 e. The second-order valence-corrected chi connectivity index (χ2v) is 6.10. The molecule has 0 atom stereocenters. The minimum absolute atomic E-state index is 0.121. The fraction of sp³-hybridized carbons (Fsp3) is 0.200. The first kappa shape index (κ1) is 19.1. The van der Waals surface area contributed by atoms with Gasteiger partial charge in [-0.1, -0.05) is 29.8 Å². The monoisotopic (exact) mass is 379 g/mol. The van der Waals surface area contributed by atoms with Crippen LogP contribution in [-0.4, -0.2) is 21.5 Å². The Morgan fingerprint density at radius 3 is 2.36 bits per heavy atom. The fourth-order valence-corrected chi connectivity index (χ4v) is 2.60. The molecule has 0 aliphatic heterocycles. The summed E-state index contributed by atoms with van der Waals surface area (Å²) in [7, 11) is 0. The summed E-state index contributed by atoms with van der Waals surface area (Å²) in [5.41, 5.74) is 2.61. The lowest BCUT2D eigenvalue weighted by molar-refractivity contribution is -0.383. The van der Waals surface area contributed by atoms with Gasteiger partial charge in [0.1, 0.15) is 12.1 Å². The van der Waals surface area contributed by atoms with Crippen molar-refractivity contribution in [3.8, 4) is 5.75 Å². The maximum absolute atomic E-state index is 11.7. The summed E-state index contributed by atoms with van der Waals surface area (Å²) >= 11 is 0. The molecule has 0 amide bonds. The maximum atomic E-state index is 11.7. The first-order valence-corrected chi connectivity index (χ1v) is 8.85. The van der Waals surface area contributed by atoms with Crippen molar-refractivity contribution < 1.29 is 9.66 Å². The van der Waals surface area contributed by atoms with Crippen molar-refractivity contribution in [2.45, 2.75) is 20.4 Å². The number of hydrogen-bond acceptors (Lipinski definition) is 7. The quantitative estimate of drug-likeness (QED) is 0.440. The zero-order valence-corrected chi connectivity index (χ0v) is 15.7. The van der Waals surface area contributed by atoms with Crippen LogP contribution in [0.25, 0.3) is 0 Å². The van der Waals surface area contributed by atoms with Crippen LogP contribution in [-0.2, 0) is 6.54 Å². The molecular formula is C20H21N5O3. The SMILES string of the molecule is CCOc1ccc(Nc2ncnc(NCc3ccc(C)cc3)c2[N+](=O)[O-])cc1. The molecule has 2 N–H and O–H groups in total. The summed E-state index contributed by atoms with van der Waals surface area (Å²) in [4.78, 5) is 19.3. The predicted octanol–water partition coefficient (Wildman–Crippen LogP) is 4.45. The van der Waals surface area contributed by atoms with E-state index in [1.54, 1.807) is 24.3 Å². The van der Waals surface area contributed by atoms with Gasteiger partial charge in [-0.05, 0) is 43.7 Å². The highest BCUT2D eigenvalue weighted by Crippen LogP contribution is 2.31. The summed E-state index contributed by atoms with van der Waals surface area (Å²) in [5, 5.41) is 17.7. The van der Waals surface area contributed by atoms with E-state index in [1.807, 2.05) is 38.1 Å². The molecule has 1 aromatic heterocycles. The van der Waals surface area contributed by atoms with Gasteiger partial charge in [0.05, 0.1) is 11.5 Å². The Kier molecular flexibility index (Phi) is 6.01. The molecular weight excluding hydrogens is 358 g/mol. The first-order valence-electron chi connectivity index (χ1n) is 8.85. The molecule has 1 heterocycles. The van der Waals surface area contributed by atoms with Crippen LogP contribution in [0, 0.1) is 17.0 Å². The van der Waals surface area contributed by atoms with Crippen molar-refractivity contribution in [3.05, 3.63) is 76.1 Å². The van der Waals surface area contributed by atoms with Gasteiger partial charge in [-0.3, -0.25) is 10.1 Å². The number of benzene rings is 2. The van der Waals surface area contributed by atoms with E-state index in [2.05, 4.69) is 20.6 Å². The molecule has 0 bridgehead atoms. The van der Waals surface area contributed by atoms with Gasteiger partial charge in [-0.15, -0.1) is 0 Å². The minimum Gasteiger partial charge on any atom is -0.494 e. The van der Waals surface area contributed by atoms with Crippen molar-refractivity contribution >= 4 is 23.0 Å². The summed E-state index contributed by atoms with van der Waals surface area (Å²) in [6.45, 7) is 4.90. The van der Waals surface area contributed by atoms with Crippen LogP contribution in [0.5, 0.6) is 5.75 Å². The molecule has 3 rings (SSSR count). The molecule has 2 aromatic carbocycles. The van der Waals surface area contributed by atoms with Gasteiger partial charge < -0.3 is 15.4 Å². The fourth-order valence-electron chi connectivity index (χ4n) is 2.60. The number of nitro groups is 1. The predicted molar refractivity (Wildman–Crippen MR) is 108 cm³/mol. The molecule has 144 valence electrons. The highest BCUT2D eigenvalue weighted by molar-refractivity contribution is 5.73. The van der Waals surface area contributed by atoms with Crippen LogP contribution < -0.4 is 15.4 Å². The number of rotatable bonds is 8. The van der Waals surface area contributed by atoms with E-state index in [0.717, 1.165) is 16.9 Å². The van der Waals surface area contributed by atoms with Crippen LogP contribution in [0.2, 0.25) is 0 Å². The van der Waals surface area contributed by atoms with Crippen molar-refractivity contribution in [2.75, 3.05) is 17.2 Å². The molecule has 8 nitrogen and oxygen atoms in total. The van der Waals surface area contributed by atoms with Crippen molar-refractivity contribution in [1.29, 1.82) is 0 Å². The molecule has 0 fully saturated rings. The smallest absolute Gasteiger partial charge is 0.353 e. The van der Waals surface area contributed by atoms with E-state index in [0.29, 0.717) is 18.8 Å². The number of aromatic nitrogens is 2. The lowest BCUT2D eigenvalue weighted by Gasteiger charge is -2.11. The number of ether oxygens (including phenoxy) is 1. The van der Waals surface area contributed by atoms with Crippen molar-refractivity contribution in [3.63, 3.8) is 0 Å². The lowest BCUT2D eigenvalue weighted by atomic mass is 10.1. The molecule has 0 spiro atoms. The molecule has 0 aliphatic rings. The molecule has 0 unspecified atom stereocenters. The van der Waals surface area contributed by atoms with Crippen LogP contribution in [0.15, 0.2) is 54.9 Å². The highest BCUT2D eigenvalue weighted by atomic mass is 16.6. The van der Waals surface area contributed by atoms with Gasteiger partial charge in [0.15, 0.2) is 0 Å². The Labute approximate surface area is 162 Å². The second kappa shape index (κ2) is 8.81. The summed E-state index contributed by atoms with van der Waals surface area (Å²) in [5.74, 6) is 1.01. The van der Waals surface area contributed by atoms with Gasteiger partial charge in [0.25, 0.3) is 0 Å². The standard InChI is InChI=1S/C20H21N5O3/c1-3-28-17-10-8-16(9-11-17)24-20-18(25(26)27)19(22-13-23-20)21-12-15-6-4-14(2)5-7-15/h4-11,13H,3,12H2,1-2H3,(H2,21,22,23,24). The number of aryl methyl sites for hydroxylation is 1. The van der Waals surface area contributed by atoms with E-state index in [4.69, 9.17) is 4.74 Å². The molecule has 0 saturated heterocycles. The van der Waals surface area contributed by atoms with E-state index in [-0.39, 0.29) is 17.3 Å². The number of hydrogen-bond donors (Lipinski definition) is 2. The first-order chi connectivity index (χ1) is 13.6. The van der Waals surface area contributed by atoms with Gasteiger partial charge >= 0.3 is 5.69 Å². The largest absolute Gasteiger partial charge is 0.494 e. The minimum atomic E-state index is -0.492. The molecule has 8 heteroatoms. The highest BCUT2D eigenvalue weighted by Gasteiger charge is 2.23. The Morgan fingerprint density at radius 2 is 1.71 bits per heavy atom. The lowest BCUT2D eigenvalue weighted by Crippen LogP contribution is -2.08. The van der Waals surface area contributed by atoms with Crippen molar-refractivity contribution in [2.24, 2.45) is 0 Å². The topological polar surface area (TPSA) is 102 Å². The molecule has 0 saturated carbocycles. The van der Waals surface area contributed by atoms with Crippen LogP contribution in [0.3, 0.4) is 0 Å². The van der Waals surface area contributed by atoms with Crippen LogP contribution in [0.4, 0.5) is 23.0 Å². The van der Waals surface area contributed by atoms with Gasteiger partial charge in [-0.2, -0.15) is 0 Å². The zero-order valence-electron chi connectivity index (χ0n) is 15.7. The average Bonchev–Trinajstić information content (AvgIpc) is 2.69. The van der Waals surface area contributed by atoms with Crippen LogP contribution in [0.1, 0.15) is 18.1 Å². The average molecular weight is 379 g/mol. The Bertz CT molecular complexity index is 943. The molecule has 3 aromatic rings. The van der Waals surface area contributed by atoms with E-state index in [9.17, 15) is 10.1 Å². The third-order valence-corrected chi connectivity index (χ3v) is 4.01. The number of anilines is 3. The van der Waals surface area contributed by atoms with Gasteiger partial charge in [0, 0.05) is 12.2 Å². The molecule has 0 radical (unpaired) electrons. The number of nitrogens with zero attached hydrogens (tertiary/aromatic N) is 3. The summed E-state index contributed by atoms with van der Waals surface area (Å²) < 4.78 is 5.40. The van der Waals surface area contributed by atoms with Gasteiger partial charge in [0.2, 0.25) is 11.6 Å². The summed E-state index contributed by atoms with van der Waals surface area (Å²) in [6.07, 6.45) is 1.29.